The summed E-state index contributed by atoms with van der Waals surface area (Å²) in [5, 5.41) is 4.59. The Labute approximate surface area is 141 Å². The Balaban J connectivity index is 1.72. The third-order valence-electron chi connectivity index (χ3n) is 3.57. The van der Waals surface area contributed by atoms with E-state index in [-0.39, 0.29) is 11.9 Å². The third-order valence-corrected chi connectivity index (χ3v) is 4.44. The maximum absolute atomic E-state index is 12.2. The topological polar surface area (TPSA) is 72.2 Å². The van der Waals surface area contributed by atoms with Crippen molar-refractivity contribution in [3.63, 3.8) is 0 Å². The number of amides is 1. The fourth-order valence-electron chi connectivity index (χ4n) is 2.54. The van der Waals surface area contributed by atoms with Crippen LogP contribution in [-0.4, -0.2) is 25.3 Å². The number of hydrogen-bond acceptors (Lipinski definition) is 5. The van der Waals surface area contributed by atoms with Crippen molar-refractivity contribution in [2.75, 3.05) is 5.32 Å². The molecule has 118 valence electrons. The number of aromatic nitrogens is 4. The van der Waals surface area contributed by atoms with Crippen molar-refractivity contribution in [2.24, 2.45) is 0 Å². The second kappa shape index (κ2) is 5.86. The van der Waals surface area contributed by atoms with Crippen LogP contribution >= 0.6 is 11.3 Å². The average Bonchev–Trinajstić information content (AvgIpc) is 3.22. The van der Waals surface area contributed by atoms with E-state index in [9.17, 15) is 4.79 Å². The molecular formula is C17H13N5OS. The summed E-state index contributed by atoms with van der Waals surface area (Å²) in [4.78, 5) is 25.9. The molecule has 1 N–H and O–H groups in total. The lowest BCUT2D eigenvalue weighted by molar-refractivity contribution is 0.102. The van der Waals surface area contributed by atoms with Gasteiger partial charge < -0.3 is 0 Å². The number of nitrogens with zero attached hydrogens (tertiary/aromatic N) is 4. The predicted molar refractivity (Wildman–Crippen MR) is 93.2 cm³/mol. The van der Waals surface area contributed by atoms with E-state index in [0.717, 1.165) is 17.0 Å². The van der Waals surface area contributed by atoms with E-state index >= 15 is 0 Å². The highest BCUT2D eigenvalue weighted by Gasteiger charge is 2.14. The highest BCUT2D eigenvalue weighted by atomic mass is 32.1. The Bertz CT molecular complexity index is 1020. The second-order valence-corrected chi connectivity index (χ2v) is 6.12. The number of rotatable bonds is 3. The molecule has 4 aromatic rings. The molecule has 0 spiro atoms. The molecule has 0 unspecified atom stereocenters. The van der Waals surface area contributed by atoms with E-state index in [1.165, 1.54) is 11.3 Å². The average molecular weight is 335 g/mol. The van der Waals surface area contributed by atoms with E-state index in [4.69, 9.17) is 0 Å². The van der Waals surface area contributed by atoms with Crippen LogP contribution in [0.4, 0.5) is 5.95 Å². The molecule has 1 amide bonds. The molecule has 4 aromatic heterocycles. The van der Waals surface area contributed by atoms with E-state index in [1.54, 1.807) is 12.3 Å². The van der Waals surface area contributed by atoms with Gasteiger partial charge in [0, 0.05) is 12.4 Å². The van der Waals surface area contributed by atoms with Gasteiger partial charge in [-0.1, -0.05) is 12.1 Å². The van der Waals surface area contributed by atoms with Gasteiger partial charge in [0.15, 0.2) is 0 Å². The van der Waals surface area contributed by atoms with Gasteiger partial charge in [-0.25, -0.2) is 15.0 Å². The zero-order valence-electron chi connectivity index (χ0n) is 12.8. The first-order valence-corrected chi connectivity index (χ1v) is 8.22. The number of hydrogen-bond donors (Lipinski definition) is 1. The molecule has 7 heteroatoms. The van der Waals surface area contributed by atoms with Crippen LogP contribution in [0.25, 0.3) is 17.0 Å². The lowest BCUT2D eigenvalue weighted by Gasteiger charge is -2.06. The SMILES string of the molecule is Cc1nc2ccccn2c1-c1ccnc(NC(=O)c2cccs2)n1. The summed E-state index contributed by atoms with van der Waals surface area (Å²) in [7, 11) is 0. The third kappa shape index (κ3) is 2.55. The number of anilines is 1. The molecule has 0 fully saturated rings. The Morgan fingerprint density at radius 3 is 2.92 bits per heavy atom. The first-order chi connectivity index (χ1) is 11.7. The van der Waals surface area contributed by atoms with Gasteiger partial charge in [0.1, 0.15) is 5.65 Å². The van der Waals surface area contributed by atoms with Crippen molar-refractivity contribution in [3.8, 4) is 11.4 Å². The van der Waals surface area contributed by atoms with Crippen LogP contribution in [0.2, 0.25) is 0 Å². The van der Waals surface area contributed by atoms with E-state index < -0.39 is 0 Å². The summed E-state index contributed by atoms with van der Waals surface area (Å²) in [5.41, 5.74) is 3.32. The molecule has 0 bridgehead atoms. The van der Waals surface area contributed by atoms with Crippen LogP contribution in [0.15, 0.2) is 54.2 Å². The Morgan fingerprint density at radius 1 is 1.17 bits per heavy atom. The number of aryl methyl sites for hydroxylation is 1. The van der Waals surface area contributed by atoms with Crippen molar-refractivity contribution in [2.45, 2.75) is 6.92 Å². The number of fused-ring (bicyclic) bond motifs is 1. The molecule has 24 heavy (non-hydrogen) atoms. The monoisotopic (exact) mass is 335 g/mol. The highest BCUT2D eigenvalue weighted by molar-refractivity contribution is 7.12. The summed E-state index contributed by atoms with van der Waals surface area (Å²) >= 11 is 1.37. The van der Waals surface area contributed by atoms with Crippen LogP contribution in [0.5, 0.6) is 0 Å². The summed E-state index contributed by atoms with van der Waals surface area (Å²) < 4.78 is 1.97. The van der Waals surface area contributed by atoms with Gasteiger partial charge in [0.05, 0.1) is 22.0 Å². The van der Waals surface area contributed by atoms with Crippen molar-refractivity contribution in [1.29, 1.82) is 0 Å². The molecule has 0 saturated carbocycles. The maximum Gasteiger partial charge on any atom is 0.268 e. The minimum atomic E-state index is -0.211. The van der Waals surface area contributed by atoms with Crippen LogP contribution < -0.4 is 5.32 Å². The Hall–Kier alpha value is -3.06. The van der Waals surface area contributed by atoms with Crippen molar-refractivity contribution in [1.82, 2.24) is 19.4 Å². The van der Waals surface area contributed by atoms with Crippen LogP contribution in [-0.2, 0) is 0 Å². The number of nitrogens with one attached hydrogen (secondary N) is 1. The molecule has 0 saturated heterocycles. The molecule has 4 heterocycles. The van der Waals surface area contributed by atoms with E-state index in [0.29, 0.717) is 10.6 Å². The summed E-state index contributed by atoms with van der Waals surface area (Å²) in [6.07, 6.45) is 3.57. The van der Waals surface area contributed by atoms with Crippen LogP contribution in [0.3, 0.4) is 0 Å². The van der Waals surface area contributed by atoms with Gasteiger partial charge in [-0.2, -0.15) is 0 Å². The van der Waals surface area contributed by atoms with Crippen molar-refractivity contribution >= 4 is 28.8 Å². The molecule has 0 aliphatic heterocycles. The van der Waals surface area contributed by atoms with Gasteiger partial charge >= 0.3 is 0 Å². The molecule has 0 aromatic carbocycles. The minimum absolute atomic E-state index is 0.211. The molecular weight excluding hydrogens is 322 g/mol. The second-order valence-electron chi connectivity index (χ2n) is 5.17. The largest absolute Gasteiger partial charge is 0.298 e. The van der Waals surface area contributed by atoms with Crippen molar-refractivity contribution in [3.05, 3.63) is 64.7 Å². The number of carbonyl (C=O) groups is 1. The lowest BCUT2D eigenvalue weighted by Crippen LogP contribution is -2.13. The summed E-state index contributed by atoms with van der Waals surface area (Å²) in [6, 6.07) is 11.2. The number of carbonyl (C=O) groups excluding carboxylic acids is 1. The predicted octanol–water partition coefficient (Wildman–Crippen LogP) is 3.41. The van der Waals surface area contributed by atoms with E-state index in [2.05, 4.69) is 20.3 Å². The lowest BCUT2D eigenvalue weighted by atomic mass is 10.2. The quantitative estimate of drug-likeness (QED) is 0.623. The summed E-state index contributed by atoms with van der Waals surface area (Å²) in [5.74, 6) is 0.0631. The van der Waals surface area contributed by atoms with Gasteiger partial charge in [-0.05, 0) is 36.6 Å². The van der Waals surface area contributed by atoms with Gasteiger partial charge in [0.25, 0.3) is 5.91 Å². The molecule has 0 radical (unpaired) electrons. The normalized spacial score (nSPS) is 10.9. The fraction of sp³-hybridized carbons (Fsp3) is 0.0588. The van der Waals surface area contributed by atoms with E-state index in [1.807, 2.05) is 53.2 Å². The highest BCUT2D eigenvalue weighted by Crippen LogP contribution is 2.23. The smallest absolute Gasteiger partial charge is 0.268 e. The summed E-state index contributed by atoms with van der Waals surface area (Å²) in [6.45, 7) is 1.94. The minimum Gasteiger partial charge on any atom is -0.298 e. The Kier molecular flexibility index (Phi) is 3.55. The zero-order valence-corrected chi connectivity index (χ0v) is 13.6. The molecule has 0 aliphatic carbocycles. The first-order valence-electron chi connectivity index (χ1n) is 7.34. The number of thiophene rings is 1. The first kappa shape index (κ1) is 14.5. The Morgan fingerprint density at radius 2 is 2.08 bits per heavy atom. The standard InChI is InChI=1S/C17H13N5OS/c1-11-15(22-9-3-2-6-14(22)19-11)12-7-8-18-17(20-12)21-16(23)13-5-4-10-24-13/h2-10H,1H3,(H,18,20,21,23). The van der Waals surface area contributed by atoms with Crippen LogP contribution in [0.1, 0.15) is 15.4 Å². The molecule has 6 nitrogen and oxygen atoms in total. The molecule has 0 aliphatic rings. The number of imidazole rings is 1. The zero-order chi connectivity index (χ0) is 16.5. The fourth-order valence-corrected chi connectivity index (χ4v) is 3.16. The van der Waals surface area contributed by atoms with Gasteiger partial charge in [-0.3, -0.25) is 14.5 Å². The molecule has 0 atom stereocenters. The van der Waals surface area contributed by atoms with Crippen molar-refractivity contribution < 1.29 is 4.79 Å². The van der Waals surface area contributed by atoms with Gasteiger partial charge in [-0.15, -0.1) is 11.3 Å². The molecule has 4 rings (SSSR count). The maximum atomic E-state index is 12.2. The number of pyridine rings is 1. The van der Waals surface area contributed by atoms with Crippen LogP contribution in [0, 0.1) is 6.92 Å². The van der Waals surface area contributed by atoms with Gasteiger partial charge in [0.2, 0.25) is 5.95 Å².